The first kappa shape index (κ1) is 21.4. The van der Waals surface area contributed by atoms with Gasteiger partial charge in [-0.15, -0.1) is 0 Å². The van der Waals surface area contributed by atoms with Gasteiger partial charge in [-0.3, -0.25) is 4.79 Å². The molecule has 1 N–H and O–H groups in total. The number of hydrogen-bond donors (Lipinski definition) is 1. The van der Waals surface area contributed by atoms with E-state index in [9.17, 15) is 14.7 Å². The molecule has 0 bridgehead atoms. The highest BCUT2D eigenvalue weighted by molar-refractivity contribution is 5.89. The third-order valence-corrected chi connectivity index (χ3v) is 4.69. The minimum Gasteiger partial charge on any atom is -0.481 e. The summed E-state index contributed by atoms with van der Waals surface area (Å²) in [4.78, 5) is 23.6. The number of ether oxygens (including phenoxy) is 1. The number of aliphatic carboxylic acids is 1. The number of allylic oxidation sites excluding steroid dienone is 1. The van der Waals surface area contributed by atoms with Crippen molar-refractivity contribution >= 4 is 18.0 Å². The lowest BCUT2D eigenvalue weighted by atomic mass is 9.82. The standard InChI is InChI=1S/C24H28O4/c1-16(18-10-12-20(13-11-18)23(27)28-5)21(22(25)26)19-8-6-17(7-9-19)14-15-24(2,3)4/h6-16,21H,1-5H3,(H,25,26). The number of esters is 1. The Bertz CT molecular complexity index is 840. The van der Waals surface area contributed by atoms with Crippen molar-refractivity contribution < 1.29 is 19.4 Å². The van der Waals surface area contributed by atoms with Gasteiger partial charge in [-0.2, -0.15) is 0 Å². The van der Waals surface area contributed by atoms with Crippen molar-refractivity contribution in [1.82, 2.24) is 0 Å². The molecule has 0 saturated heterocycles. The Hall–Kier alpha value is -2.88. The van der Waals surface area contributed by atoms with Crippen molar-refractivity contribution in [3.8, 4) is 0 Å². The summed E-state index contributed by atoms with van der Waals surface area (Å²) in [5.74, 6) is -2.21. The zero-order valence-electron chi connectivity index (χ0n) is 17.1. The molecule has 0 fully saturated rings. The van der Waals surface area contributed by atoms with Gasteiger partial charge >= 0.3 is 11.9 Å². The summed E-state index contributed by atoms with van der Waals surface area (Å²) in [5.41, 5.74) is 3.19. The second-order valence-electron chi connectivity index (χ2n) is 8.08. The van der Waals surface area contributed by atoms with Gasteiger partial charge < -0.3 is 9.84 Å². The highest BCUT2D eigenvalue weighted by Crippen LogP contribution is 2.33. The molecule has 4 heteroatoms. The molecule has 0 heterocycles. The summed E-state index contributed by atoms with van der Waals surface area (Å²) in [7, 11) is 1.33. The summed E-state index contributed by atoms with van der Waals surface area (Å²) in [5, 5.41) is 9.83. The quantitative estimate of drug-likeness (QED) is 0.672. The lowest BCUT2D eigenvalue weighted by molar-refractivity contribution is -0.139. The van der Waals surface area contributed by atoms with Crippen LogP contribution in [-0.2, 0) is 9.53 Å². The van der Waals surface area contributed by atoms with E-state index in [1.54, 1.807) is 24.3 Å². The van der Waals surface area contributed by atoms with Crippen LogP contribution in [0.1, 0.15) is 66.6 Å². The van der Waals surface area contributed by atoms with Crippen molar-refractivity contribution in [3.05, 3.63) is 76.9 Å². The Morgan fingerprint density at radius 3 is 1.96 bits per heavy atom. The Morgan fingerprint density at radius 2 is 1.50 bits per heavy atom. The molecule has 0 aromatic heterocycles. The third-order valence-electron chi connectivity index (χ3n) is 4.69. The van der Waals surface area contributed by atoms with E-state index in [0.29, 0.717) is 5.56 Å². The van der Waals surface area contributed by atoms with Gasteiger partial charge in [0.1, 0.15) is 0 Å². The van der Waals surface area contributed by atoms with Crippen LogP contribution in [0, 0.1) is 5.41 Å². The van der Waals surface area contributed by atoms with Crippen LogP contribution in [0.4, 0.5) is 0 Å². The van der Waals surface area contributed by atoms with Gasteiger partial charge in [0, 0.05) is 0 Å². The van der Waals surface area contributed by atoms with E-state index in [1.165, 1.54) is 7.11 Å². The summed E-state index contributed by atoms with van der Waals surface area (Å²) >= 11 is 0. The Kier molecular flexibility index (Phi) is 6.79. The molecule has 0 radical (unpaired) electrons. The molecule has 2 unspecified atom stereocenters. The molecule has 0 aliphatic rings. The molecule has 28 heavy (non-hydrogen) atoms. The van der Waals surface area contributed by atoms with Gasteiger partial charge in [0.05, 0.1) is 18.6 Å². The number of methoxy groups -OCH3 is 1. The van der Waals surface area contributed by atoms with Gasteiger partial charge in [0.15, 0.2) is 0 Å². The number of carboxylic acid groups (broad SMARTS) is 1. The molecule has 148 valence electrons. The molecule has 0 saturated carbocycles. The lowest BCUT2D eigenvalue weighted by Gasteiger charge is -2.21. The summed E-state index contributed by atoms with van der Waals surface area (Å²) < 4.78 is 4.70. The Labute approximate surface area is 166 Å². The number of carbonyl (C=O) groups excluding carboxylic acids is 1. The van der Waals surface area contributed by atoms with Gasteiger partial charge in [-0.25, -0.2) is 4.79 Å². The molecule has 0 aliphatic carbocycles. The van der Waals surface area contributed by atoms with Crippen LogP contribution in [0.2, 0.25) is 0 Å². The lowest BCUT2D eigenvalue weighted by Crippen LogP contribution is -2.18. The molecule has 0 aliphatic heterocycles. The minimum absolute atomic E-state index is 0.0904. The first-order valence-electron chi connectivity index (χ1n) is 9.32. The highest BCUT2D eigenvalue weighted by atomic mass is 16.5. The first-order valence-corrected chi connectivity index (χ1v) is 9.32. The Balaban J connectivity index is 2.26. The summed E-state index contributed by atoms with van der Waals surface area (Å²) in [6, 6.07) is 14.5. The maximum Gasteiger partial charge on any atom is 0.337 e. The van der Waals surface area contributed by atoms with Crippen molar-refractivity contribution in [1.29, 1.82) is 0 Å². The first-order chi connectivity index (χ1) is 13.1. The molecule has 4 nitrogen and oxygen atoms in total. The fourth-order valence-electron chi connectivity index (χ4n) is 3.04. The van der Waals surface area contributed by atoms with Gasteiger partial charge in [-0.1, -0.05) is 76.2 Å². The largest absolute Gasteiger partial charge is 0.481 e. The molecule has 2 rings (SSSR count). The van der Waals surface area contributed by atoms with Crippen LogP contribution in [0.25, 0.3) is 6.08 Å². The van der Waals surface area contributed by atoms with E-state index in [-0.39, 0.29) is 11.3 Å². The molecular formula is C24H28O4. The average Bonchev–Trinajstić information content (AvgIpc) is 2.66. The molecule has 2 atom stereocenters. The number of carboxylic acids is 1. The smallest absolute Gasteiger partial charge is 0.337 e. The zero-order valence-corrected chi connectivity index (χ0v) is 17.1. The van der Waals surface area contributed by atoms with Crippen LogP contribution >= 0.6 is 0 Å². The van der Waals surface area contributed by atoms with E-state index in [1.807, 2.05) is 31.2 Å². The maximum atomic E-state index is 12.0. The Morgan fingerprint density at radius 1 is 0.964 bits per heavy atom. The molecule has 0 amide bonds. The van der Waals surface area contributed by atoms with E-state index < -0.39 is 17.9 Å². The maximum absolute atomic E-state index is 12.0. The van der Waals surface area contributed by atoms with Crippen LogP contribution in [0.3, 0.4) is 0 Å². The van der Waals surface area contributed by atoms with Crippen molar-refractivity contribution in [2.24, 2.45) is 5.41 Å². The second-order valence-corrected chi connectivity index (χ2v) is 8.08. The highest BCUT2D eigenvalue weighted by Gasteiger charge is 2.28. The van der Waals surface area contributed by atoms with Crippen molar-refractivity contribution in [2.45, 2.75) is 39.5 Å². The fraction of sp³-hybridized carbons (Fsp3) is 0.333. The van der Waals surface area contributed by atoms with E-state index in [2.05, 4.69) is 32.9 Å². The SMILES string of the molecule is COC(=O)c1ccc(C(C)C(C(=O)O)c2ccc(C=CC(C)(C)C)cc2)cc1. The van der Waals surface area contributed by atoms with Gasteiger partial charge in [-0.05, 0) is 40.2 Å². The summed E-state index contributed by atoms with van der Waals surface area (Å²) in [6.45, 7) is 8.28. The normalized spacial score (nSPS) is 13.9. The van der Waals surface area contributed by atoms with Crippen LogP contribution in [0.5, 0.6) is 0 Å². The number of benzene rings is 2. The predicted molar refractivity (Wildman–Crippen MR) is 112 cm³/mol. The van der Waals surface area contributed by atoms with Gasteiger partial charge in [0.2, 0.25) is 0 Å². The van der Waals surface area contributed by atoms with Crippen LogP contribution < -0.4 is 0 Å². The average molecular weight is 380 g/mol. The van der Waals surface area contributed by atoms with Crippen molar-refractivity contribution in [3.63, 3.8) is 0 Å². The number of hydrogen-bond acceptors (Lipinski definition) is 3. The third kappa shape index (κ3) is 5.56. The van der Waals surface area contributed by atoms with Crippen LogP contribution in [0.15, 0.2) is 54.6 Å². The number of rotatable bonds is 6. The number of carbonyl (C=O) groups is 2. The molecular weight excluding hydrogens is 352 g/mol. The zero-order chi connectivity index (χ0) is 20.9. The van der Waals surface area contributed by atoms with E-state index in [0.717, 1.165) is 16.7 Å². The van der Waals surface area contributed by atoms with E-state index >= 15 is 0 Å². The van der Waals surface area contributed by atoms with Crippen LogP contribution in [-0.4, -0.2) is 24.2 Å². The van der Waals surface area contributed by atoms with Crippen molar-refractivity contribution in [2.75, 3.05) is 7.11 Å². The second kappa shape index (κ2) is 8.87. The molecule has 2 aromatic rings. The van der Waals surface area contributed by atoms with E-state index in [4.69, 9.17) is 4.74 Å². The fourth-order valence-corrected chi connectivity index (χ4v) is 3.04. The van der Waals surface area contributed by atoms with Gasteiger partial charge in [0.25, 0.3) is 0 Å². The molecule has 2 aromatic carbocycles. The minimum atomic E-state index is -0.873. The topological polar surface area (TPSA) is 63.6 Å². The summed E-state index contributed by atoms with van der Waals surface area (Å²) in [6.07, 6.45) is 4.18. The monoisotopic (exact) mass is 380 g/mol. The predicted octanol–water partition coefficient (Wildman–Crippen LogP) is 5.50. The molecule has 0 spiro atoms.